The summed E-state index contributed by atoms with van der Waals surface area (Å²) in [7, 11) is 0. The molecule has 9 aromatic carbocycles. The van der Waals surface area contributed by atoms with Crippen LogP contribution in [0.3, 0.4) is 0 Å². The van der Waals surface area contributed by atoms with Crippen LogP contribution in [0.2, 0.25) is 0 Å². The van der Waals surface area contributed by atoms with E-state index in [0.717, 1.165) is 61.1 Å². The first-order chi connectivity index (χ1) is 31.2. The molecule has 3 aromatic heterocycles. The first kappa shape index (κ1) is 36.7. The van der Waals surface area contributed by atoms with Gasteiger partial charge >= 0.3 is 0 Å². The van der Waals surface area contributed by atoms with E-state index in [2.05, 4.69) is 206 Å². The Morgan fingerprint density at radius 2 is 0.746 bits per heavy atom. The summed E-state index contributed by atoms with van der Waals surface area (Å²) in [6.45, 7) is 0. The molecule has 0 spiro atoms. The highest BCUT2D eigenvalue weighted by molar-refractivity contribution is 7.26. The van der Waals surface area contributed by atoms with Gasteiger partial charge in [-0.1, -0.05) is 200 Å². The maximum Gasteiger partial charge on any atom is 0.164 e. The molecule has 0 saturated heterocycles. The second-order valence-electron chi connectivity index (χ2n) is 15.8. The standard InChI is InChI=1S/C58H36N4S/c1-3-12-37(13-4-1)39-22-28-43(29-23-39)56-60-57(44-30-24-40(25-31-44)38-14-5-2-6-15-38)62-58(61-56)45-32-26-41(27-33-45)46-34-35-51-50(36-46)55-53(49-19-9-10-21-52(49)63-55)54(59-51)48-20-11-17-42-16-7-8-18-47(42)48/h1-36H. The Morgan fingerprint density at radius 3 is 1.33 bits per heavy atom. The van der Waals surface area contributed by atoms with E-state index in [9.17, 15) is 0 Å². The van der Waals surface area contributed by atoms with Gasteiger partial charge in [0.15, 0.2) is 17.5 Å². The number of hydrogen-bond donors (Lipinski definition) is 0. The number of fused-ring (bicyclic) bond motifs is 6. The minimum Gasteiger partial charge on any atom is -0.247 e. The van der Waals surface area contributed by atoms with Gasteiger partial charge in [0.25, 0.3) is 0 Å². The van der Waals surface area contributed by atoms with E-state index in [4.69, 9.17) is 19.9 Å². The predicted molar refractivity (Wildman–Crippen MR) is 264 cm³/mol. The molecule has 4 nitrogen and oxygen atoms in total. The van der Waals surface area contributed by atoms with Crippen LogP contribution in [0.1, 0.15) is 0 Å². The fourth-order valence-electron chi connectivity index (χ4n) is 8.73. The molecule has 0 atom stereocenters. The van der Waals surface area contributed by atoms with Crippen LogP contribution in [0, 0.1) is 0 Å². The van der Waals surface area contributed by atoms with Crippen LogP contribution >= 0.6 is 11.3 Å². The predicted octanol–water partition coefficient (Wildman–Crippen LogP) is 15.6. The molecule has 0 saturated carbocycles. The lowest BCUT2D eigenvalue weighted by Crippen LogP contribution is -2.00. The Bertz CT molecular complexity index is 3530. The number of nitrogens with zero attached hydrogens (tertiary/aromatic N) is 4. The molecule has 0 amide bonds. The molecule has 0 N–H and O–H groups in total. The zero-order chi connectivity index (χ0) is 41.7. The van der Waals surface area contributed by atoms with Crippen molar-refractivity contribution < 1.29 is 0 Å². The second-order valence-corrected chi connectivity index (χ2v) is 16.8. The topological polar surface area (TPSA) is 51.6 Å². The largest absolute Gasteiger partial charge is 0.247 e. The molecule has 63 heavy (non-hydrogen) atoms. The fraction of sp³-hybridized carbons (Fsp3) is 0. The summed E-state index contributed by atoms with van der Waals surface area (Å²) in [4.78, 5) is 20.7. The highest BCUT2D eigenvalue weighted by Gasteiger charge is 2.19. The molecule has 3 heterocycles. The van der Waals surface area contributed by atoms with E-state index in [0.29, 0.717) is 17.5 Å². The van der Waals surface area contributed by atoms with Gasteiger partial charge in [0.1, 0.15) is 0 Å². The zero-order valence-electron chi connectivity index (χ0n) is 34.0. The summed E-state index contributed by atoms with van der Waals surface area (Å²) in [6.07, 6.45) is 0. The van der Waals surface area contributed by atoms with E-state index in [1.54, 1.807) is 0 Å². The summed E-state index contributed by atoms with van der Waals surface area (Å²) in [5.74, 6) is 1.88. The van der Waals surface area contributed by atoms with Gasteiger partial charge in [0.2, 0.25) is 0 Å². The van der Waals surface area contributed by atoms with Crippen molar-refractivity contribution in [1.29, 1.82) is 0 Å². The highest BCUT2D eigenvalue weighted by atomic mass is 32.1. The molecule has 0 aliphatic rings. The van der Waals surface area contributed by atoms with Crippen LogP contribution in [0.4, 0.5) is 0 Å². The van der Waals surface area contributed by atoms with Crippen molar-refractivity contribution in [3.8, 4) is 78.8 Å². The summed E-state index contributed by atoms with van der Waals surface area (Å²) >= 11 is 1.84. The monoisotopic (exact) mass is 820 g/mol. The minimum absolute atomic E-state index is 0.622. The fourth-order valence-corrected chi connectivity index (χ4v) is 9.96. The quantitative estimate of drug-likeness (QED) is 0.161. The third-order valence-electron chi connectivity index (χ3n) is 12.0. The maximum absolute atomic E-state index is 5.43. The van der Waals surface area contributed by atoms with Crippen molar-refractivity contribution in [2.75, 3.05) is 0 Å². The van der Waals surface area contributed by atoms with E-state index in [-0.39, 0.29) is 0 Å². The molecular weight excluding hydrogens is 785 g/mol. The molecule has 0 aliphatic carbocycles. The molecule has 0 bridgehead atoms. The molecule has 0 fully saturated rings. The first-order valence-corrected chi connectivity index (χ1v) is 21.9. The van der Waals surface area contributed by atoms with Crippen molar-refractivity contribution in [2.24, 2.45) is 0 Å². The number of pyridine rings is 1. The average Bonchev–Trinajstić information content (AvgIpc) is 3.77. The Balaban J connectivity index is 0.940. The lowest BCUT2D eigenvalue weighted by Gasteiger charge is -2.12. The van der Waals surface area contributed by atoms with E-state index >= 15 is 0 Å². The molecule has 0 radical (unpaired) electrons. The van der Waals surface area contributed by atoms with Crippen LogP contribution in [-0.2, 0) is 0 Å². The Morgan fingerprint density at radius 1 is 0.302 bits per heavy atom. The average molecular weight is 821 g/mol. The van der Waals surface area contributed by atoms with Crippen LogP contribution in [0.15, 0.2) is 218 Å². The zero-order valence-corrected chi connectivity index (χ0v) is 34.8. The Kier molecular flexibility index (Phi) is 8.98. The first-order valence-electron chi connectivity index (χ1n) is 21.1. The van der Waals surface area contributed by atoms with Gasteiger partial charge in [-0.2, -0.15) is 0 Å². The van der Waals surface area contributed by atoms with E-state index < -0.39 is 0 Å². The van der Waals surface area contributed by atoms with Gasteiger partial charge in [0, 0.05) is 47.8 Å². The third kappa shape index (κ3) is 6.72. The molecule has 12 rings (SSSR count). The van der Waals surface area contributed by atoms with E-state index in [1.807, 2.05) is 23.5 Å². The second kappa shape index (κ2) is 15.4. The molecule has 0 unspecified atom stereocenters. The number of benzene rings is 9. The number of rotatable bonds is 7. The molecule has 0 aliphatic heterocycles. The van der Waals surface area contributed by atoms with Crippen molar-refractivity contribution in [1.82, 2.24) is 19.9 Å². The van der Waals surface area contributed by atoms with Crippen LogP contribution in [-0.4, -0.2) is 19.9 Å². The van der Waals surface area contributed by atoms with E-state index in [1.165, 1.54) is 42.1 Å². The van der Waals surface area contributed by atoms with Crippen molar-refractivity contribution in [3.05, 3.63) is 218 Å². The van der Waals surface area contributed by atoms with Crippen LogP contribution in [0.25, 0.3) is 121 Å². The van der Waals surface area contributed by atoms with Gasteiger partial charge in [-0.25, -0.2) is 19.9 Å². The third-order valence-corrected chi connectivity index (χ3v) is 13.2. The van der Waals surface area contributed by atoms with Crippen LogP contribution in [0.5, 0.6) is 0 Å². The van der Waals surface area contributed by atoms with Crippen LogP contribution < -0.4 is 0 Å². The van der Waals surface area contributed by atoms with Crippen molar-refractivity contribution in [2.45, 2.75) is 0 Å². The van der Waals surface area contributed by atoms with Crippen molar-refractivity contribution >= 4 is 53.2 Å². The minimum atomic E-state index is 0.622. The maximum atomic E-state index is 5.43. The molecule has 294 valence electrons. The summed E-state index contributed by atoms with van der Waals surface area (Å²) < 4.78 is 2.51. The van der Waals surface area contributed by atoms with Crippen molar-refractivity contribution in [3.63, 3.8) is 0 Å². The normalized spacial score (nSPS) is 11.5. The lowest BCUT2D eigenvalue weighted by atomic mass is 9.96. The Hall–Kier alpha value is -8.12. The smallest absolute Gasteiger partial charge is 0.164 e. The SMILES string of the molecule is c1ccc(-c2ccc(-c3nc(-c4ccc(-c5ccccc5)cc4)nc(-c4ccc(-c5ccc6nc(-c7cccc8ccccc78)c7c8ccccc8sc7c6c5)cc4)n3)cc2)cc1. The number of thiophene rings is 1. The summed E-state index contributed by atoms with van der Waals surface area (Å²) in [5.41, 5.74) is 12.8. The molecule has 12 aromatic rings. The van der Waals surface area contributed by atoms with Gasteiger partial charge in [-0.3, -0.25) is 0 Å². The highest BCUT2D eigenvalue weighted by Crippen LogP contribution is 2.45. The number of aromatic nitrogens is 4. The Labute approximate surface area is 368 Å². The van der Waals surface area contributed by atoms with Gasteiger partial charge in [-0.05, 0) is 62.4 Å². The molecular formula is C58H36N4S. The lowest BCUT2D eigenvalue weighted by molar-refractivity contribution is 1.07. The van der Waals surface area contributed by atoms with Gasteiger partial charge < -0.3 is 0 Å². The molecule has 5 heteroatoms. The number of hydrogen-bond acceptors (Lipinski definition) is 5. The van der Waals surface area contributed by atoms with Gasteiger partial charge in [0.05, 0.1) is 11.2 Å². The summed E-state index contributed by atoms with van der Waals surface area (Å²) in [5, 5.41) is 6.01. The van der Waals surface area contributed by atoms with Gasteiger partial charge in [-0.15, -0.1) is 11.3 Å². The summed E-state index contributed by atoms with van der Waals surface area (Å²) in [6, 6.07) is 76.8.